The molecule has 1 aliphatic carbocycles. The number of fused-ring (bicyclic) bond motifs is 1. The van der Waals surface area contributed by atoms with Crippen molar-refractivity contribution in [3.63, 3.8) is 0 Å². The third-order valence-electron chi connectivity index (χ3n) is 5.07. The molecule has 0 aromatic heterocycles. The van der Waals surface area contributed by atoms with E-state index in [1.807, 2.05) is 30.3 Å². The number of nitrogens with zero attached hydrogens (tertiary/aromatic N) is 1. The van der Waals surface area contributed by atoms with E-state index >= 15 is 0 Å². The van der Waals surface area contributed by atoms with Gasteiger partial charge in [0.15, 0.2) is 0 Å². The second kappa shape index (κ2) is 6.42. The van der Waals surface area contributed by atoms with Gasteiger partial charge in [-0.3, -0.25) is 5.32 Å². The summed E-state index contributed by atoms with van der Waals surface area (Å²) >= 11 is 6.76. The summed E-state index contributed by atoms with van der Waals surface area (Å²) in [7, 11) is 0. The number of halogens is 1. The maximum absolute atomic E-state index is 11.9. The average Bonchev–Trinajstić information content (AvgIpc) is 3.16. The predicted octanol–water partition coefficient (Wildman–Crippen LogP) is 5.67. The van der Waals surface area contributed by atoms with Crippen LogP contribution in [0.5, 0.6) is 0 Å². The summed E-state index contributed by atoms with van der Waals surface area (Å²) in [5.74, 6) is 0.308. The minimum absolute atomic E-state index is 0.308. The Morgan fingerprint density at radius 1 is 1.20 bits per heavy atom. The molecule has 4 rings (SSSR count). The number of anilines is 1. The van der Waals surface area contributed by atoms with E-state index in [1.54, 1.807) is 6.07 Å². The highest BCUT2D eigenvalue weighted by molar-refractivity contribution is 6.34. The van der Waals surface area contributed by atoms with E-state index in [0.717, 1.165) is 48.1 Å². The largest absolute Gasteiger partial charge is 0.441 e. The van der Waals surface area contributed by atoms with E-state index in [-0.39, 0.29) is 6.10 Å². The fourth-order valence-corrected chi connectivity index (χ4v) is 4.25. The van der Waals surface area contributed by atoms with Crippen LogP contribution >= 0.6 is 11.6 Å². The van der Waals surface area contributed by atoms with Crippen LogP contribution in [0.1, 0.15) is 42.9 Å². The third-order valence-corrected chi connectivity index (χ3v) is 5.47. The minimum Gasteiger partial charge on any atom is -0.441 e. The summed E-state index contributed by atoms with van der Waals surface area (Å²) in [4.78, 5) is 11.9. The lowest BCUT2D eigenvalue weighted by molar-refractivity contribution is 0.0688. The van der Waals surface area contributed by atoms with Gasteiger partial charge in [0.05, 0.1) is 22.3 Å². The van der Waals surface area contributed by atoms with Crippen LogP contribution in [0, 0.1) is 17.2 Å². The van der Waals surface area contributed by atoms with Crippen molar-refractivity contribution in [2.45, 2.75) is 31.8 Å². The first-order valence-electron chi connectivity index (χ1n) is 8.48. The summed E-state index contributed by atoms with van der Waals surface area (Å²) in [6, 6.07) is 13.3. The zero-order valence-electron chi connectivity index (χ0n) is 13.6. The number of cyclic esters (lactones) is 1. The van der Waals surface area contributed by atoms with Crippen molar-refractivity contribution >= 4 is 23.4 Å². The topological polar surface area (TPSA) is 62.1 Å². The molecule has 1 fully saturated rings. The monoisotopic (exact) mass is 352 g/mol. The van der Waals surface area contributed by atoms with E-state index < -0.39 is 6.09 Å². The Bertz CT molecular complexity index is 882. The molecule has 1 saturated carbocycles. The molecule has 5 heteroatoms. The molecule has 0 bridgehead atoms. The molecule has 0 spiro atoms. The highest BCUT2D eigenvalue weighted by atomic mass is 35.5. The molecule has 1 amide bonds. The van der Waals surface area contributed by atoms with Crippen molar-refractivity contribution in [2.24, 2.45) is 5.92 Å². The van der Waals surface area contributed by atoms with Crippen molar-refractivity contribution < 1.29 is 9.53 Å². The van der Waals surface area contributed by atoms with Gasteiger partial charge < -0.3 is 4.74 Å². The van der Waals surface area contributed by atoms with Crippen LogP contribution in [-0.4, -0.2) is 6.09 Å². The number of carbonyl (C=O) groups is 1. The van der Waals surface area contributed by atoms with Crippen molar-refractivity contribution in [2.75, 3.05) is 5.32 Å². The van der Waals surface area contributed by atoms with Gasteiger partial charge in [0, 0.05) is 17.0 Å². The highest BCUT2D eigenvalue weighted by Crippen LogP contribution is 2.48. The van der Waals surface area contributed by atoms with Gasteiger partial charge in [-0.25, -0.2) is 4.79 Å². The number of rotatable bonds is 2. The molecule has 4 nitrogen and oxygen atoms in total. The first kappa shape index (κ1) is 16.0. The standard InChI is InChI=1S/C20H17ClN2O2/c21-18-15(14-7-3-4-12(10-14)11-22)8-9-16-17(18)19(25-20(24)23-16)13-5-1-2-6-13/h3-4,7-10,13,19H,1-2,5-6H2,(H,23,24). The molecule has 126 valence electrons. The number of hydrogen-bond donors (Lipinski definition) is 1. The fraction of sp³-hybridized carbons (Fsp3) is 0.300. The second-order valence-electron chi connectivity index (χ2n) is 6.58. The molecular formula is C20H17ClN2O2. The van der Waals surface area contributed by atoms with Gasteiger partial charge >= 0.3 is 6.09 Å². The molecule has 2 aromatic rings. The van der Waals surface area contributed by atoms with E-state index in [1.165, 1.54) is 0 Å². The van der Waals surface area contributed by atoms with Gasteiger partial charge in [-0.05, 0) is 36.6 Å². The number of benzene rings is 2. The Hall–Kier alpha value is -2.51. The molecule has 1 atom stereocenters. The molecule has 1 N–H and O–H groups in total. The molecule has 25 heavy (non-hydrogen) atoms. The molecule has 1 aliphatic heterocycles. The highest BCUT2D eigenvalue weighted by Gasteiger charge is 2.36. The Balaban J connectivity index is 1.83. The van der Waals surface area contributed by atoms with Crippen molar-refractivity contribution in [3.05, 3.63) is 52.5 Å². The summed E-state index contributed by atoms with van der Waals surface area (Å²) in [6.07, 6.45) is 3.67. The van der Waals surface area contributed by atoms with Crippen LogP contribution in [0.3, 0.4) is 0 Å². The van der Waals surface area contributed by atoms with Crippen molar-refractivity contribution in [1.82, 2.24) is 0 Å². The van der Waals surface area contributed by atoms with Crippen LogP contribution < -0.4 is 5.32 Å². The van der Waals surface area contributed by atoms with Crippen LogP contribution in [-0.2, 0) is 4.74 Å². The maximum Gasteiger partial charge on any atom is 0.412 e. The van der Waals surface area contributed by atoms with E-state index in [2.05, 4.69) is 11.4 Å². The van der Waals surface area contributed by atoms with Gasteiger partial charge in [-0.2, -0.15) is 5.26 Å². The number of ether oxygens (including phenoxy) is 1. The third kappa shape index (κ3) is 2.85. The van der Waals surface area contributed by atoms with E-state index in [0.29, 0.717) is 16.5 Å². The van der Waals surface area contributed by atoms with Gasteiger partial charge in [0.25, 0.3) is 0 Å². The molecule has 0 saturated heterocycles. The first-order chi connectivity index (χ1) is 12.2. The van der Waals surface area contributed by atoms with Crippen LogP contribution in [0.25, 0.3) is 11.1 Å². The van der Waals surface area contributed by atoms with Gasteiger partial charge in [-0.15, -0.1) is 0 Å². The van der Waals surface area contributed by atoms with E-state index in [9.17, 15) is 4.79 Å². The lowest BCUT2D eigenvalue weighted by Gasteiger charge is -2.31. The molecule has 1 unspecified atom stereocenters. The summed E-state index contributed by atoms with van der Waals surface area (Å²) < 4.78 is 5.63. The van der Waals surface area contributed by atoms with Gasteiger partial charge in [0.2, 0.25) is 0 Å². The van der Waals surface area contributed by atoms with E-state index in [4.69, 9.17) is 21.6 Å². The number of hydrogen-bond acceptors (Lipinski definition) is 3. The second-order valence-corrected chi connectivity index (χ2v) is 6.95. The molecule has 2 aliphatic rings. The summed E-state index contributed by atoms with van der Waals surface area (Å²) in [6.45, 7) is 0. The number of amides is 1. The maximum atomic E-state index is 11.9. The first-order valence-corrected chi connectivity index (χ1v) is 8.86. The van der Waals surface area contributed by atoms with Crippen molar-refractivity contribution in [3.8, 4) is 17.2 Å². The van der Waals surface area contributed by atoms with Crippen molar-refractivity contribution in [1.29, 1.82) is 5.26 Å². The van der Waals surface area contributed by atoms with Crippen LogP contribution in [0.4, 0.5) is 10.5 Å². The fourth-order valence-electron chi connectivity index (χ4n) is 3.87. The molecule has 0 radical (unpaired) electrons. The van der Waals surface area contributed by atoms with Crippen LogP contribution in [0.15, 0.2) is 36.4 Å². The number of nitriles is 1. The lowest BCUT2D eigenvalue weighted by Crippen LogP contribution is -2.28. The SMILES string of the molecule is N#Cc1cccc(-c2ccc3c(c2Cl)C(C2CCCC2)OC(=O)N3)c1. The smallest absolute Gasteiger partial charge is 0.412 e. The quantitative estimate of drug-likeness (QED) is 0.757. The lowest BCUT2D eigenvalue weighted by atomic mass is 9.89. The number of carbonyl (C=O) groups excluding carboxylic acids is 1. The number of nitrogens with one attached hydrogen (secondary N) is 1. The van der Waals surface area contributed by atoms with Gasteiger partial charge in [-0.1, -0.05) is 42.6 Å². The van der Waals surface area contributed by atoms with Gasteiger partial charge in [0.1, 0.15) is 6.10 Å². The zero-order valence-corrected chi connectivity index (χ0v) is 14.3. The Morgan fingerprint density at radius 2 is 2.00 bits per heavy atom. The minimum atomic E-state index is -0.417. The predicted molar refractivity (Wildman–Crippen MR) is 96.4 cm³/mol. The Morgan fingerprint density at radius 3 is 2.76 bits per heavy atom. The molecular weight excluding hydrogens is 336 g/mol. The summed E-state index contributed by atoms with van der Waals surface area (Å²) in [5.41, 5.74) is 3.89. The average molecular weight is 353 g/mol. The molecule has 1 heterocycles. The Kier molecular flexibility index (Phi) is 4.10. The zero-order chi connectivity index (χ0) is 17.4. The summed E-state index contributed by atoms with van der Waals surface area (Å²) in [5, 5.41) is 12.5. The Labute approximate surface area is 151 Å². The van der Waals surface area contributed by atoms with Crippen LogP contribution in [0.2, 0.25) is 5.02 Å². The normalized spacial score (nSPS) is 19.7. The molecule has 2 aromatic carbocycles.